The normalized spacial score (nSPS) is 15.2. The van der Waals surface area contributed by atoms with Crippen LogP contribution in [0, 0.1) is 0 Å². The first kappa shape index (κ1) is 49.2. The molecule has 4 nitrogen and oxygen atoms in total. The molecule has 11 aromatic carbocycles. The minimum absolute atomic E-state index is 0. The van der Waals surface area contributed by atoms with Gasteiger partial charge in [0, 0.05) is 51.8 Å². The van der Waals surface area contributed by atoms with E-state index in [1.165, 1.54) is 111 Å². The van der Waals surface area contributed by atoms with Crippen LogP contribution >= 0.6 is 0 Å². The lowest BCUT2D eigenvalue weighted by molar-refractivity contribution is 0.0217. The van der Waals surface area contributed by atoms with Gasteiger partial charge in [0.1, 0.15) is 0 Å². The van der Waals surface area contributed by atoms with Gasteiger partial charge in [0.2, 0.25) is 0 Å². The molecule has 0 bridgehead atoms. The molecule has 0 saturated heterocycles. The van der Waals surface area contributed by atoms with Crippen LogP contribution in [0.1, 0.15) is 78.0 Å². The zero-order valence-corrected chi connectivity index (χ0v) is 44.4. The fourth-order valence-electron chi connectivity index (χ4n) is 12.9. The summed E-state index contributed by atoms with van der Waals surface area (Å²) < 4.78 is 15.6. The third-order valence-corrected chi connectivity index (χ3v) is 17.2. The molecule has 15 rings (SSSR count). The average molecular weight is 1040 g/mol. The third-order valence-electron chi connectivity index (χ3n) is 17.2. The van der Waals surface area contributed by atoms with Gasteiger partial charge in [-0.2, -0.15) is 0 Å². The number of aromatic nitrogens is 1. The van der Waals surface area contributed by atoms with Crippen molar-refractivity contribution in [1.82, 2.24) is 4.57 Å². The first-order chi connectivity index (χ1) is 38.9. The van der Waals surface area contributed by atoms with Gasteiger partial charge in [-0.3, -0.25) is 0 Å². The number of para-hydroxylation sites is 2. The van der Waals surface area contributed by atoms with E-state index in [1.807, 2.05) is 0 Å². The Kier molecular flexibility index (Phi) is 12.3. The SMILES string of the molecule is C.CC1(C)c2cc(-c3cc(COC4Cc5ccccc54)cc(COC4Cc5ccccc54)c3)ccc2-c2ccc(N(c3ccc(-c4ccccc4)cc3)c3ccc(-c4ccc5c(c4)c4ccccc4n5-c4ccccc4)cc3)cc21. The summed E-state index contributed by atoms with van der Waals surface area (Å²) in [5.41, 5.74) is 26.7. The van der Waals surface area contributed by atoms with Gasteiger partial charge < -0.3 is 18.9 Å². The van der Waals surface area contributed by atoms with Gasteiger partial charge in [-0.1, -0.05) is 191 Å². The van der Waals surface area contributed by atoms with Crippen molar-refractivity contribution in [3.8, 4) is 50.2 Å². The molecule has 12 aromatic rings. The van der Waals surface area contributed by atoms with E-state index in [1.54, 1.807) is 0 Å². The highest BCUT2D eigenvalue weighted by molar-refractivity contribution is 6.10. The van der Waals surface area contributed by atoms with Crippen LogP contribution < -0.4 is 4.90 Å². The smallest absolute Gasteiger partial charge is 0.0872 e. The number of ether oxygens (including phenoxy) is 2. The molecule has 4 heteroatoms. The number of anilines is 3. The van der Waals surface area contributed by atoms with Crippen LogP contribution in [0.2, 0.25) is 0 Å². The number of rotatable bonds is 13. The quantitative estimate of drug-likeness (QED) is 0.115. The number of fused-ring (bicyclic) bond motifs is 8. The second-order valence-electron chi connectivity index (χ2n) is 22.3. The number of benzene rings is 11. The molecule has 3 aliphatic carbocycles. The monoisotopic (exact) mass is 1030 g/mol. The Hall–Kier alpha value is -9.06. The minimum Gasteiger partial charge on any atom is -0.368 e. The lowest BCUT2D eigenvalue weighted by Gasteiger charge is -2.30. The second-order valence-corrected chi connectivity index (χ2v) is 22.3. The molecule has 0 aliphatic heterocycles. The molecule has 0 amide bonds. The molecular formula is C76H62N2O2. The topological polar surface area (TPSA) is 26.6 Å². The molecule has 3 aliphatic rings. The van der Waals surface area contributed by atoms with Crippen LogP contribution in [0.5, 0.6) is 0 Å². The van der Waals surface area contributed by atoms with E-state index in [0.29, 0.717) is 13.2 Å². The summed E-state index contributed by atoms with van der Waals surface area (Å²) in [6, 6.07) is 93.6. The van der Waals surface area contributed by atoms with Gasteiger partial charge in [-0.05, 0) is 174 Å². The predicted molar refractivity (Wildman–Crippen MR) is 331 cm³/mol. The van der Waals surface area contributed by atoms with Crippen molar-refractivity contribution in [2.75, 3.05) is 4.90 Å². The summed E-state index contributed by atoms with van der Waals surface area (Å²) in [7, 11) is 0. The van der Waals surface area contributed by atoms with Gasteiger partial charge >= 0.3 is 0 Å². The van der Waals surface area contributed by atoms with Crippen LogP contribution in [0.4, 0.5) is 17.1 Å². The molecule has 2 atom stereocenters. The van der Waals surface area contributed by atoms with E-state index in [-0.39, 0.29) is 25.0 Å². The summed E-state index contributed by atoms with van der Waals surface area (Å²) in [5, 5.41) is 2.49. The highest BCUT2D eigenvalue weighted by Crippen LogP contribution is 2.52. The Balaban J connectivity index is 0.00000577. The molecule has 0 N–H and O–H groups in total. The Morgan fingerprint density at radius 3 is 1.51 bits per heavy atom. The van der Waals surface area contributed by atoms with E-state index in [4.69, 9.17) is 9.47 Å². The van der Waals surface area contributed by atoms with E-state index in [9.17, 15) is 0 Å². The molecule has 1 heterocycles. The zero-order valence-electron chi connectivity index (χ0n) is 44.4. The molecule has 0 fully saturated rings. The number of hydrogen-bond acceptors (Lipinski definition) is 3. The lowest BCUT2D eigenvalue weighted by atomic mass is 9.81. The lowest BCUT2D eigenvalue weighted by Crippen LogP contribution is -2.20. The highest BCUT2D eigenvalue weighted by Gasteiger charge is 2.37. The van der Waals surface area contributed by atoms with Crippen molar-refractivity contribution in [3.05, 3.63) is 299 Å². The summed E-state index contributed by atoms with van der Waals surface area (Å²) in [4.78, 5) is 2.42. The van der Waals surface area contributed by atoms with E-state index in [0.717, 1.165) is 35.6 Å². The maximum absolute atomic E-state index is 6.63. The summed E-state index contributed by atoms with van der Waals surface area (Å²) in [5.74, 6) is 0. The van der Waals surface area contributed by atoms with E-state index < -0.39 is 0 Å². The van der Waals surface area contributed by atoms with Crippen LogP contribution in [0.25, 0.3) is 72.0 Å². The van der Waals surface area contributed by atoms with Crippen LogP contribution in [-0.4, -0.2) is 4.57 Å². The molecule has 2 unspecified atom stereocenters. The molecule has 80 heavy (non-hydrogen) atoms. The summed E-state index contributed by atoms with van der Waals surface area (Å²) >= 11 is 0. The minimum atomic E-state index is -0.270. The van der Waals surface area contributed by atoms with Gasteiger partial charge in [0.25, 0.3) is 0 Å². The summed E-state index contributed by atoms with van der Waals surface area (Å²) in [6.07, 6.45) is 2.17. The molecule has 388 valence electrons. The van der Waals surface area contributed by atoms with Gasteiger partial charge in [-0.25, -0.2) is 0 Å². The van der Waals surface area contributed by atoms with Gasteiger partial charge in [-0.15, -0.1) is 0 Å². The largest absolute Gasteiger partial charge is 0.368 e. The van der Waals surface area contributed by atoms with Crippen molar-refractivity contribution in [3.63, 3.8) is 0 Å². The first-order valence-corrected chi connectivity index (χ1v) is 27.8. The van der Waals surface area contributed by atoms with Crippen molar-refractivity contribution >= 4 is 38.9 Å². The predicted octanol–water partition coefficient (Wildman–Crippen LogP) is 19.8. The molecule has 0 radical (unpaired) electrons. The molecular weight excluding hydrogens is 973 g/mol. The molecule has 0 saturated carbocycles. The van der Waals surface area contributed by atoms with Gasteiger partial charge in [0.15, 0.2) is 0 Å². The number of nitrogens with zero attached hydrogens (tertiary/aromatic N) is 2. The van der Waals surface area contributed by atoms with E-state index in [2.05, 4.69) is 278 Å². The number of hydrogen-bond donors (Lipinski definition) is 0. The van der Waals surface area contributed by atoms with Crippen molar-refractivity contribution in [2.45, 2.75) is 65.0 Å². The average Bonchev–Trinajstić information content (AvgIpc) is 4.09. The maximum atomic E-state index is 6.63. The van der Waals surface area contributed by atoms with Gasteiger partial charge in [0.05, 0.1) is 36.5 Å². The van der Waals surface area contributed by atoms with E-state index >= 15 is 0 Å². The molecule has 0 spiro atoms. The maximum Gasteiger partial charge on any atom is 0.0872 e. The second kappa shape index (κ2) is 20.0. The van der Waals surface area contributed by atoms with Crippen LogP contribution in [0.15, 0.2) is 255 Å². The van der Waals surface area contributed by atoms with Crippen molar-refractivity contribution in [2.24, 2.45) is 0 Å². The fraction of sp³-hybridized carbons (Fsp3) is 0.132. The third kappa shape index (κ3) is 8.55. The van der Waals surface area contributed by atoms with Crippen LogP contribution in [0.3, 0.4) is 0 Å². The summed E-state index contributed by atoms with van der Waals surface area (Å²) in [6.45, 7) is 5.87. The standard InChI is InChI=1S/C75H58N2O2.CH4/c1-75(2)69-43-55(58-40-49(47-78-73-44-56-17-9-11-21-63(56)73)39-50(41-58)48-79-74-45-57-18-10-12-22-64(57)74)29-36-65(69)66-37-35-62(46-70(66)75)76(60-31-25-52(26-32-60)51-15-5-3-6-16-51)61-33-27-53(28-34-61)54-30-38-72-68(42-54)67-23-13-14-24-71(67)77(72)59-19-7-4-8-20-59;/h3-43,46,73-74H,44-45,47-48H2,1-2H3;1H4. The highest BCUT2D eigenvalue weighted by atomic mass is 16.5. The Labute approximate surface area is 469 Å². The molecule has 1 aromatic heterocycles. The van der Waals surface area contributed by atoms with Crippen molar-refractivity contribution in [1.29, 1.82) is 0 Å². The fourth-order valence-corrected chi connectivity index (χ4v) is 12.9. The Morgan fingerprint density at radius 1 is 0.400 bits per heavy atom. The first-order valence-electron chi connectivity index (χ1n) is 27.8. The Morgan fingerprint density at radius 2 is 0.875 bits per heavy atom. The van der Waals surface area contributed by atoms with Crippen LogP contribution in [-0.2, 0) is 40.9 Å². The Bertz CT molecular complexity index is 4210. The van der Waals surface area contributed by atoms with Crippen molar-refractivity contribution < 1.29 is 9.47 Å². The zero-order chi connectivity index (χ0) is 52.6.